The van der Waals surface area contributed by atoms with Gasteiger partial charge in [0.25, 0.3) is 0 Å². The SMILES string of the molecule is O=C(CC(=O)Nc1ccccc1F)NN=Cc1cc(Br)ccc1OCc1ccc(Cl)cc1Cl. The van der Waals surface area contributed by atoms with Crippen LogP contribution in [-0.4, -0.2) is 18.0 Å². The van der Waals surface area contributed by atoms with E-state index in [4.69, 9.17) is 27.9 Å². The summed E-state index contributed by atoms with van der Waals surface area (Å²) in [6.45, 7) is 0.195. The van der Waals surface area contributed by atoms with E-state index in [0.717, 1.165) is 10.0 Å². The number of halogens is 4. The molecule has 0 aliphatic carbocycles. The van der Waals surface area contributed by atoms with Gasteiger partial charge in [0.1, 0.15) is 24.6 Å². The third kappa shape index (κ3) is 7.56. The Hall–Kier alpha value is -2.94. The summed E-state index contributed by atoms with van der Waals surface area (Å²) < 4.78 is 20.2. The number of carbonyl (C=O) groups excluding carboxylic acids is 2. The Kier molecular flexibility index (Phi) is 8.82. The van der Waals surface area contributed by atoms with Crippen LogP contribution in [-0.2, 0) is 16.2 Å². The molecule has 10 heteroatoms. The highest BCUT2D eigenvalue weighted by molar-refractivity contribution is 9.10. The van der Waals surface area contributed by atoms with Crippen molar-refractivity contribution in [3.8, 4) is 5.75 Å². The maximum Gasteiger partial charge on any atom is 0.249 e. The summed E-state index contributed by atoms with van der Waals surface area (Å²) in [5, 5.41) is 7.22. The highest BCUT2D eigenvalue weighted by Gasteiger charge is 2.11. The Morgan fingerprint density at radius 3 is 2.61 bits per heavy atom. The number of hydrogen-bond donors (Lipinski definition) is 2. The van der Waals surface area contributed by atoms with Gasteiger partial charge in [0.15, 0.2) is 0 Å². The minimum absolute atomic E-state index is 0.00415. The van der Waals surface area contributed by atoms with Crippen LogP contribution < -0.4 is 15.5 Å². The minimum Gasteiger partial charge on any atom is -0.488 e. The lowest BCUT2D eigenvalue weighted by molar-refractivity contribution is -0.126. The van der Waals surface area contributed by atoms with Crippen LogP contribution in [0.5, 0.6) is 5.75 Å². The van der Waals surface area contributed by atoms with Gasteiger partial charge in [-0.3, -0.25) is 9.59 Å². The highest BCUT2D eigenvalue weighted by Crippen LogP contribution is 2.26. The Bertz CT molecular complexity index is 1210. The van der Waals surface area contributed by atoms with Crippen LogP contribution in [0.15, 0.2) is 70.2 Å². The average Bonchev–Trinajstić information content (AvgIpc) is 2.76. The van der Waals surface area contributed by atoms with Crippen LogP contribution >= 0.6 is 39.1 Å². The fourth-order valence-electron chi connectivity index (χ4n) is 2.66. The molecule has 0 bridgehead atoms. The zero-order valence-corrected chi connectivity index (χ0v) is 20.0. The fourth-order valence-corrected chi connectivity index (χ4v) is 3.50. The third-order valence-corrected chi connectivity index (χ3v) is 5.31. The van der Waals surface area contributed by atoms with E-state index in [1.54, 1.807) is 42.5 Å². The molecule has 0 aliphatic heterocycles. The number of hydrogen-bond acceptors (Lipinski definition) is 4. The molecule has 0 atom stereocenters. The maximum atomic E-state index is 13.6. The van der Waals surface area contributed by atoms with Crippen LogP contribution in [0.25, 0.3) is 0 Å². The number of benzene rings is 3. The Labute approximate surface area is 207 Å². The molecule has 0 saturated carbocycles. The van der Waals surface area contributed by atoms with E-state index in [0.29, 0.717) is 21.4 Å². The molecule has 6 nitrogen and oxygen atoms in total. The highest BCUT2D eigenvalue weighted by atomic mass is 79.9. The minimum atomic E-state index is -0.667. The van der Waals surface area contributed by atoms with Crippen LogP contribution in [0.3, 0.4) is 0 Å². The molecule has 0 unspecified atom stereocenters. The molecule has 0 radical (unpaired) electrons. The first kappa shape index (κ1) is 24.7. The molecule has 3 rings (SSSR count). The van der Waals surface area contributed by atoms with Crippen molar-refractivity contribution in [2.24, 2.45) is 5.10 Å². The van der Waals surface area contributed by atoms with E-state index in [9.17, 15) is 14.0 Å². The van der Waals surface area contributed by atoms with Gasteiger partial charge in [0.05, 0.1) is 11.9 Å². The molecule has 0 fully saturated rings. The number of carbonyl (C=O) groups is 2. The van der Waals surface area contributed by atoms with Crippen molar-refractivity contribution in [1.29, 1.82) is 0 Å². The number of rotatable bonds is 8. The van der Waals surface area contributed by atoms with E-state index in [1.807, 2.05) is 0 Å². The number of anilines is 1. The summed E-state index contributed by atoms with van der Waals surface area (Å²) in [7, 11) is 0. The van der Waals surface area contributed by atoms with Gasteiger partial charge < -0.3 is 10.1 Å². The number of amides is 2. The van der Waals surface area contributed by atoms with Gasteiger partial charge in [-0.25, -0.2) is 9.82 Å². The number of para-hydroxylation sites is 1. The Morgan fingerprint density at radius 1 is 1.06 bits per heavy atom. The van der Waals surface area contributed by atoms with Crippen molar-refractivity contribution in [2.45, 2.75) is 13.0 Å². The van der Waals surface area contributed by atoms with Crippen molar-refractivity contribution in [1.82, 2.24) is 5.43 Å². The van der Waals surface area contributed by atoms with Gasteiger partial charge in [-0.05, 0) is 42.5 Å². The predicted molar refractivity (Wildman–Crippen MR) is 130 cm³/mol. The second-order valence-corrected chi connectivity index (χ2v) is 8.46. The molecular formula is C23H17BrCl2FN3O3. The van der Waals surface area contributed by atoms with E-state index < -0.39 is 24.1 Å². The van der Waals surface area contributed by atoms with E-state index in [2.05, 4.69) is 31.8 Å². The average molecular weight is 553 g/mol. The lowest BCUT2D eigenvalue weighted by Crippen LogP contribution is -2.25. The van der Waals surface area contributed by atoms with E-state index in [-0.39, 0.29) is 12.3 Å². The van der Waals surface area contributed by atoms with Gasteiger partial charge in [-0.1, -0.05) is 57.3 Å². The molecule has 2 amide bonds. The molecule has 2 N–H and O–H groups in total. The zero-order chi connectivity index (χ0) is 23.8. The van der Waals surface area contributed by atoms with Crippen LogP contribution in [0.1, 0.15) is 17.5 Å². The normalized spacial score (nSPS) is 10.8. The quantitative estimate of drug-likeness (QED) is 0.206. The molecule has 3 aromatic carbocycles. The molecule has 3 aromatic rings. The maximum absolute atomic E-state index is 13.6. The van der Waals surface area contributed by atoms with Gasteiger partial charge in [-0.15, -0.1) is 0 Å². The topological polar surface area (TPSA) is 79.8 Å². The van der Waals surface area contributed by atoms with Gasteiger partial charge >= 0.3 is 0 Å². The first-order chi connectivity index (χ1) is 15.8. The van der Waals surface area contributed by atoms with E-state index in [1.165, 1.54) is 24.4 Å². The van der Waals surface area contributed by atoms with Crippen LogP contribution in [0.2, 0.25) is 10.0 Å². The molecule has 33 heavy (non-hydrogen) atoms. The summed E-state index contributed by atoms with van der Waals surface area (Å²) in [4.78, 5) is 23.9. The summed E-state index contributed by atoms with van der Waals surface area (Å²) in [5.41, 5.74) is 3.59. The third-order valence-electron chi connectivity index (χ3n) is 4.23. The zero-order valence-electron chi connectivity index (χ0n) is 16.9. The summed E-state index contributed by atoms with van der Waals surface area (Å²) in [6.07, 6.45) is 0.860. The molecule has 0 aromatic heterocycles. The lowest BCUT2D eigenvalue weighted by atomic mass is 10.2. The second kappa shape index (κ2) is 11.8. The largest absolute Gasteiger partial charge is 0.488 e. The van der Waals surface area contributed by atoms with Crippen LogP contribution in [0, 0.1) is 5.82 Å². The standard InChI is InChI=1S/C23H17BrCl2FN3O3/c24-16-6-8-21(33-13-14-5-7-17(25)10-18(14)26)15(9-16)12-28-30-23(32)11-22(31)29-20-4-2-1-3-19(20)27/h1-10,12H,11,13H2,(H,29,31)(H,30,32). The van der Waals surface area contributed by atoms with Crippen molar-refractivity contribution in [3.63, 3.8) is 0 Å². The number of nitrogens with zero attached hydrogens (tertiary/aromatic N) is 1. The Morgan fingerprint density at radius 2 is 1.85 bits per heavy atom. The van der Waals surface area contributed by atoms with Gasteiger partial charge in [0.2, 0.25) is 11.8 Å². The molecular weight excluding hydrogens is 536 g/mol. The first-order valence-electron chi connectivity index (χ1n) is 9.54. The predicted octanol–water partition coefficient (Wildman–Crippen LogP) is 5.95. The fraction of sp³-hybridized carbons (Fsp3) is 0.0870. The smallest absolute Gasteiger partial charge is 0.249 e. The molecule has 0 spiro atoms. The molecule has 0 heterocycles. The van der Waals surface area contributed by atoms with Crippen molar-refractivity contribution < 1.29 is 18.7 Å². The molecule has 0 aliphatic rings. The number of hydrazone groups is 1. The summed E-state index contributed by atoms with van der Waals surface area (Å²) >= 11 is 15.5. The molecule has 0 saturated heterocycles. The number of nitrogens with one attached hydrogen (secondary N) is 2. The van der Waals surface area contributed by atoms with Crippen LogP contribution in [0.4, 0.5) is 10.1 Å². The summed E-state index contributed by atoms with van der Waals surface area (Å²) in [5.74, 6) is -1.42. The van der Waals surface area contributed by atoms with E-state index >= 15 is 0 Å². The van der Waals surface area contributed by atoms with Crippen molar-refractivity contribution in [3.05, 3.63) is 92.1 Å². The first-order valence-corrected chi connectivity index (χ1v) is 11.1. The van der Waals surface area contributed by atoms with Crippen molar-refractivity contribution >= 4 is 62.8 Å². The van der Waals surface area contributed by atoms with Crippen molar-refractivity contribution in [2.75, 3.05) is 5.32 Å². The number of ether oxygens (including phenoxy) is 1. The summed E-state index contributed by atoms with van der Waals surface area (Å²) in [6, 6.07) is 16.1. The Balaban J connectivity index is 1.58. The van der Waals surface area contributed by atoms with Gasteiger partial charge in [-0.2, -0.15) is 5.10 Å². The van der Waals surface area contributed by atoms with Gasteiger partial charge in [0, 0.05) is 25.6 Å². The molecule has 170 valence electrons. The monoisotopic (exact) mass is 551 g/mol. The second-order valence-electron chi connectivity index (χ2n) is 6.70. The lowest BCUT2D eigenvalue weighted by Gasteiger charge is -2.11.